The normalized spacial score (nSPS) is 16.9. The monoisotopic (exact) mass is 242 g/mol. The molecule has 1 saturated carbocycles. The van der Waals surface area contributed by atoms with Gasteiger partial charge in [-0.3, -0.25) is 4.79 Å². The topological polar surface area (TPSA) is 55.6 Å². The van der Waals surface area contributed by atoms with Crippen LogP contribution in [0.2, 0.25) is 0 Å². The van der Waals surface area contributed by atoms with Gasteiger partial charge in [0.05, 0.1) is 6.04 Å². The van der Waals surface area contributed by atoms with Gasteiger partial charge in [0.25, 0.3) is 0 Å². The van der Waals surface area contributed by atoms with Crippen LogP contribution in [0.5, 0.6) is 0 Å². The van der Waals surface area contributed by atoms with Crippen molar-refractivity contribution in [2.75, 3.05) is 20.3 Å². The van der Waals surface area contributed by atoms with E-state index >= 15 is 0 Å². The molecule has 100 valence electrons. The Morgan fingerprint density at radius 1 is 1.47 bits per heavy atom. The molecule has 0 saturated heterocycles. The van der Waals surface area contributed by atoms with Gasteiger partial charge in [-0.2, -0.15) is 0 Å². The summed E-state index contributed by atoms with van der Waals surface area (Å²) in [6.07, 6.45) is 6.08. The van der Waals surface area contributed by atoms with E-state index in [1.54, 1.807) is 7.11 Å². The van der Waals surface area contributed by atoms with Crippen molar-refractivity contribution in [1.29, 1.82) is 0 Å². The Labute approximate surface area is 104 Å². The summed E-state index contributed by atoms with van der Waals surface area (Å²) < 4.78 is 4.98. The fourth-order valence-corrected chi connectivity index (χ4v) is 1.97. The molecule has 2 N–H and O–H groups in total. The second kappa shape index (κ2) is 7.67. The molecule has 4 nitrogen and oxygen atoms in total. The minimum absolute atomic E-state index is 0.136. The van der Waals surface area contributed by atoms with Crippen LogP contribution in [0.1, 0.15) is 45.4 Å². The Bertz CT molecular complexity index is 229. The van der Waals surface area contributed by atoms with E-state index in [9.17, 15) is 4.79 Å². The van der Waals surface area contributed by atoms with E-state index in [-0.39, 0.29) is 11.9 Å². The largest absolute Gasteiger partial charge is 0.385 e. The summed E-state index contributed by atoms with van der Waals surface area (Å²) in [5.41, 5.74) is 5.95. The Balaban J connectivity index is 2.34. The standard InChI is InChI=1S/C13H26N2O2/c1-3-4-9-15(11-7-8-11)13(16)12(14)6-5-10-17-2/h11-12H,3-10,14H2,1-2H3. The predicted octanol–water partition coefficient (Wildman–Crippen LogP) is 1.53. The molecule has 1 fully saturated rings. The number of rotatable bonds is 9. The number of hydrogen-bond acceptors (Lipinski definition) is 3. The Morgan fingerprint density at radius 2 is 2.18 bits per heavy atom. The summed E-state index contributed by atoms with van der Waals surface area (Å²) in [6.45, 7) is 3.70. The Kier molecular flexibility index (Phi) is 6.52. The van der Waals surface area contributed by atoms with Crippen LogP contribution in [0.25, 0.3) is 0 Å². The number of unbranched alkanes of at least 4 members (excludes halogenated alkanes) is 1. The lowest BCUT2D eigenvalue weighted by Gasteiger charge is -2.25. The van der Waals surface area contributed by atoms with Crippen LogP contribution >= 0.6 is 0 Å². The molecule has 1 aliphatic carbocycles. The summed E-state index contributed by atoms with van der Waals surface area (Å²) in [5, 5.41) is 0. The van der Waals surface area contributed by atoms with Gasteiger partial charge < -0.3 is 15.4 Å². The third-order valence-electron chi connectivity index (χ3n) is 3.20. The van der Waals surface area contributed by atoms with Gasteiger partial charge >= 0.3 is 0 Å². The van der Waals surface area contributed by atoms with Gasteiger partial charge in [-0.1, -0.05) is 13.3 Å². The van der Waals surface area contributed by atoms with E-state index in [0.29, 0.717) is 12.6 Å². The number of methoxy groups -OCH3 is 1. The van der Waals surface area contributed by atoms with Crippen LogP contribution in [0.4, 0.5) is 0 Å². The van der Waals surface area contributed by atoms with Crippen LogP contribution < -0.4 is 5.73 Å². The average molecular weight is 242 g/mol. The van der Waals surface area contributed by atoms with Crippen LogP contribution in [0, 0.1) is 0 Å². The van der Waals surface area contributed by atoms with Crippen molar-refractivity contribution < 1.29 is 9.53 Å². The van der Waals surface area contributed by atoms with Crippen molar-refractivity contribution in [3.63, 3.8) is 0 Å². The molecule has 1 rings (SSSR count). The quantitative estimate of drug-likeness (QED) is 0.624. The summed E-state index contributed by atoms with van der Waals surface area (Å²) in [7, 11) is 1.67. The molecule has 0 aromatic heterocycles. The predicted molar refractivity (Wildman–Crippen MR) is 68.7 cm³/mol. The second-order valence-corrected chi connectivity index (χ2v) is 4.86. The van der Waals surface area contributed by atoms with E-state index in [1.165, 1.54) is 0 Å². The summed E-state index contributed by atoms with van der Waals surface area (Å²) >= 11 is 0. The van der Waals surface area contributed by atoms with Gasteiger partial charge in [-0.25, -0.2) is 0 Å². The fraction of sp³-hybridized carbons (Fsp3) is 0.923. The fourth-order valence-electron chi connectivity index (χ4n) is 1.97. The number of carbonyl (C=O) groups excluding carboxylic acids is 1. The molecule has 0 spiro atoms. The lowest BCUT2D eigenvalue weighted by Crippen LogP contribution is -2.45. The van der Waals surface area contributed by atoms with Crippen LogP contribution in [-0.4, -0.2) is 43.2 Å². The highest BCUT2D eigenvalue weighted by Crippen LogP contribution is 2.27. The highest BCUT2D eigenvalue weighted by molar-refractivity contribution is 5.82. The zero-order valence-corrected chi connectivity index (χ0v) is 11.2. The first-order valence-electron chi connectivity index (χ1n) is 6.75. The molecule has 4 heteroatoms. The SMILES string of the molecule is CCCCN(C(=O)C(N)CCCOC)C1CC1. The highest BCUT2D eigenvalue weighted by Gasteiger charge is 2.33. The van der Waals surface area contributed by atoms with Crippen LogP contribution in [-0.2, 0) is 9.53 Å². The van der Waals surface area contributed by atoms with Crippen molar-refractivity contribution in [1.82, 2.24) is 4.90 Å². The van der Waals surface area contributed by atoms with Gasteiger partial charge in [0, 0.05) is 26.3 Å². The van der Waals surface area contributed by atoms with Gasteiger partial charge in [0.2, 0.25) is 5.91 Å². The number of nitrogens with two attached hydrogens (primary N) is 1. The molecular weight excluding hydrogens is 216 g/mol. The van der Waals surface area contributed by atoms with Crippen LogP contribution in [0.15, 0.2) is 0 Å². The lowest BCUT2D eigenvalue weighted by atomic mass is 10.1. The zero-order chi connectivity index (χ0) is 12.7. The molecular formula is C13H26N2O2. The third-order valence-corrected chi connectivity index (χ3v) is 3.20. The zero-order valence-electron chi connectivity index (χ0n) is 11.2. The molecule has 1 aliphatic rings. The molecule has 1 amide bonds. The first-order valence-corrected chi connectivity index (χ1v) is 6.75. The number of carbonyl (C=O) groups is 1. The van der Waals surface area contributed by atoms with E-state index in [4.69, 9.17) is 10.5 Å². The Hall–Kier alpha value is -0.610. The first-order chi connectivity index (χ1) is 8.20. The average Bonchev–Trinajstić information content (AvgIpc) is 3.14. The van der Waals surface area contributed by atoms with Crippen molar-refractivity contribution in [2.24, 2.45) is 5.73 Å². The summed E-state index contributed by atoms with van der Waals surface area (Å²) in [6, 6.07) is 0.130. The summed E-state index contributed by atoms with van der Waals surface area (Å²) in [5.74, 6) is 0.136. The number of hydrogen-bond donors (Lipinski definition) is 1. The molecule has 0 radical (unpaired) electrons. The van der Waals surface area contributed by atoms with Crippen molar-refractivity contribution in [2.45, 2.75) is 57.5 Å². The maximum atomic E-state index is 12.2. The highest BCUT2D eigenvalue weighted by atomic mass is 16.5. The van der Waals surface area contributed by atoms with Crippen molar-refractivity contribution >= 4 is 5.91 Å². The second-order valence-electron chi connectivity index (χ2n) is 4.86. The molecule has 0 aliphatic heterocycles. The lowest BCUT2D eigenvalue weighted by molar-refractivity contribution is -0.133. The number of amides is 1. The molecule has 1 unspecified atom stereocenters. The van der Waals surface area contributed by atoms with E-state index < -0.39 is 0 Å². The van der Waals surface area contributed by atoms with Crippen molar-refractivity contribution in [3.05, 3.63) is 0 Å². The minimum atomic E-state index is -0.345. The van der Waals surface area contributed by atoms with E-state index in [2.05, 4.69) is 6.92 Å². The molecule has 0 bridgehead atoms. The smallest absolute Gasteiger partial charge is 0.239 e. The number of ether oxygens (including phenoxy) is 1. The molecule has 0 heterocycles. The van der Waals surface area contributed by atoms with Gasteiger partial charge in [-0.05, 0) is 32.1 Å². The third kappa shape index (κ3) is 5.04. The van der Waals surface area contributed by atoms with E-state index in [0.717, 1.165) is 45.1 Å². The molecule has 0 aromatic rings. The maximum absolute atomic E-state index is 12.2. The van der Waals surface area contributed by atoms with Crippen LogP contribution in [0.3, 0.4) is 0 Å². The maximum Gasteiger partial charge on any atom is 0.239 e. The van der Waals surface area contributed by atoms with E-state index in [1.807, 2.05) is 4.90 Å². The summed E-state index contributed by atoms with van der Waals surface area (Å²) in [4.78, 5) is 14.2. The molecule has 1 atom stereocenters. The molecule has 0 aromatic carbocycles. The molecule has 17 heavy (non-hydrogen) atoms. The first kappa shape index (κ1) is 14.5. The van der Waals surface area contributed by atoms with Crippen molar-refractivity contribution in [3.8, 4) is 0 Å². The minimum Gasteiger partial charge on any atom is -0.385 e. The Morgan fingerprint density at radius 3 is 2.71 bits per heavy atom. The van der Waals surface area contributed by atoms with Gasteiger partial charge in [0.15, 0.2) is 0 Å². The van der Waals surface area contributed by atoms with Gasteiger partial charge in [-0.15, -0.1) is 0 Å². The van der Waals surface area contributed by atoms with Gasteiger partial charge in [0.1, 0.15) is 0 Å². The number of nitrogens with zero attached hydrogens (tertiary/aromatic N) is 1.